The van der Waals surface area contributed by atoms with Crippen LogP contribution in [0, 0.1) is 0 Å². The van der Waals surface area contributed by atoms with Crippen molar-refractivity contribution in [2.24, 2.45) is 0 Å². The molecule has 1 aliphatic rings. The Balaban J connectivity index is 1.76. The lowest BCUT2D eigenvalue weighted by atomic mass is 10.3. The molecule has 0 radical (unpaired) electrons. The Labute approximate surface area is 96.0 Å². The second-order valence-electron chi connectivity index (χ2n) is 3.18. The summed E-state index contributed by atoms with van der Waals surface area (Å²) in [6, 6.07) is 4.12. The average molecular weight is 277 g/mol. The minimum Gasteiger partial charge on any atom is -0.374 e. The van der Waals surface area contributed by atoms with Gasteiger partial charge in [-0.15, -0.1) is 11.3 Å². The van der Waals surface area contributed by atoms with E-state index in [1.807, 2.05) is 6.07 Å². The molecule has 0 amide bonds. The average Bonchev–Trinajstić information content (AvgIpc) is 2.63. The van der Waals surface area contributed by atoms with E-state index < -0.39 is 0 Å². The Kier molecular flexibility index (Phi) is 3.81. The van der Waals surface area contributed by atoms with Crippen LogP contribution in [0.3, 0.4) is 0 Å². The smallest absolute Gasteiger partial charge is 0.0895 e. The van der Waals surface area contributed by atoms with Gasteiger partial charge in [0.05, 0.1) is 21.5 Å². The first kappa shape index (κ1) is 10.4. The number of rotatable bonds is 3. The zero-order valence-corrected chi connectivity index (χ0v) is 10.2. The predicted molar refractivity (Wildman–Crippen MR) is 63.1 cm³/mol. The van der Waals surface area contributed by atoms with Gasteiger partial charge in [0.2, 0.25) is 0 Å². The van der Waals surface area contributed by atoms with E-state index in [0.717, 1.165) is 30.0 Å². The first-order valence-corrected chi connectivity index (χ1v) is 6.27. The summed E-state index contributed by atoms with van der Waals surface area (Å²) in [5, 5.41) is 7.85. The Bertz CT molecular complexity index is 286. The minimum atomic E-state index is 0.296. The van der Waals surface area contributed by atoms with E-state index in [1.165, 1.54) is 5.00 Å². The van der Waals surface area contributed by atoms with Crippen molar-refractivity contribution in [3.05, 3.63) is 15.9 Å². The van der Waals surface area contributed by atoms with Gasteiger partial charge in [0.25, 0.3) is 0 Å². The van der Waals surface area contributed by atoms with E-state index in [9.17, 15) is 0 Å². The standard InChI is InChI=1S/C9H13BrN2OS/c10-8-1-2-9(14-8)12-6-7-5-11-3-4-13-7/h1-2,7,11-12H,3-6H2. The molecule has 78 valence electrons. The van der Waals surface area contributed by atoms with E-state index in [1.54, 1.807) is 11.3 Å². The van der Waals surface area contributed by atoms with Gasteiger partial charge in [0, 0.05) is 19.6 Å². The summed E-state index contributed by atoms with van der Waals surface area (Å²) in [4.78, 5) is 0. The minimum absolute atomic E-state index is 0.296. The summed E-state index contributed by atoms with van der Waals surface area (Å²) in [5.41, 5.74) is 0. The highest BCUT2D eigenvalue weighted by molar-refractivity contribution is 9.11. The molecule has 1 fully saturated rings. The molecular formula is C9H13BrN2OS. The molecule has 0 aromatic carbocycles. The zero-order chi connectivity index (χ0) is 9.80. The number of hydrogen-bond acceptors (Lipinski definition) is 4. The molecule has 5 heteroatoms. The normalized spacial score (nSPS) is 22.2. The maximum atomic E-state index is 5.57. The summed E-state index contributed by atoms with van der Waals surface area (Å²) in [5.74, 6) is 0. The van der Waals surface area contributed by atoms with Crippen LogP contribution < -0.4 is 10.6 Å². The van der Waals surface area contributed by atoms with Crippen LogP contribution in [-0.4, -0.2) is 32.3 Å². The van der Waals surface area contributed by atoms with Gasteiger partial charge in [0.1, 0.15) is 0 Å². The Morgan fingerprint density at radius 1 is 1.64 bits per heavy atom. The lowest BCUT2D eigenvalue weighted by Crippen LogP contribution is -2.42. The topological polar surface area (TPSA) is 33.3 Å². The molecular weight excluding hydrogens is 264 g/mol. The molecule has 0 bridgehead atoms. The number of morpholine rings is 1. The van der Waals surface area contributed by atoms with Crippen LogP contribution in [0.2, 0.25) is 0 Å². The second-order valence-corrected chi connectivity index (χ2v) is 5.64. The van der Waals surface area contributed by atoms with Gasteiger partial charge in [-0.05, 0) is 28.1 Å². The first-order valence-electron chi connectivity index (χ1n) is 4.66. The lowest BCUT2D eigenvalue weighted by molar-refractivity contribution is 0.0373. The second kappa shape index (κ2) is 5.11. The quantitative estimate of drug-likeness (QED) is 0.885. The molecule has 0 aliphatic carbocycles. The number of halogens is 1. The van der Waals surface area contributed by atoms with Gasteiger partial charge in [0.15, 0.2) is 0 Å². The van der Waals surface area contributed by atoms with E-state index in [0.29, 0.717) is 6.10 Å². The van der Waals surface area contributed by atoms with E-state index >= 15 is 0 Å². The maximum Gasteiger partial charge on any atom is 0.0895 e. The van der Waals surface area contributed by atoms with Crippen LogP contribution in [0.4, 0.5) is 5.00 Å². The van der Waals surface area contributed by atoms with Gasteiger partial charge in [-0.3, -0.25) is 0 Å². The molecule has 0 spiro atoms. The summed E-state index contributed by atoms with van der Waals surface area (Å²) in [6.45, 7) is 3.61. The van der Waals surface area contributed by atoms with Crippen molar-refractivity contribution in [2.45, 2.75) is 6.10 Å². The zero-order valence-electron chi connectivity index (χ0n) is 7.75. The Morgan fingerprint density at radius 3 is 3.21 bits per heavy atom. The Morgan fingerprint density at radius 2 is 2.57 bits per heavy atom. The third-order valence-electron chi connectivity index (χ3n) is 2.08. The van der Waals surface area contributed by atoms with Crippen LogP contribution in [0.5, 0.6) is 0 Å². The molecule has 1 saturated heterocycles. The van der Waals surface area contributed by atoms with Crippen LogP contribution in [0.15, 0.2) is 15.9 Å². The predicted octanol–water partition coefficient (Wildman–Crippen LogP) is 1.91. The number of anilines is 1. The molecule has 2 N–H and O–H groups in total. The van der Waals surface area contributed by atoms with Gasteiger partial charge in [-0.1, -0.05) is 0 Å². The van der Waals surface area contributed by atoms with E-state index in [2.05, 4.69) is 32.6 Å². The molecule has 1 atom stereocenters. The number of ether oxygens (including phenoxy) is 1. The molecule has 2 rings (SSSR count). The van der Waals surface area contributed by atoms with Crippen molar-refractivity contribution < 1.29 is 4.74 Å². The monoisotopic (exact) mass is 276 g/mol. The summed E-state index contributed by atoms with van der Waals surface area (Å²) < 4.78 is 6.73. The fraction of sp³-hybridized carbons (Fsp3) is 0.556. The van der Waals surface area contributed by atoms with Gasteiger partial charge in [-0.2, -0.15) is 0 Å². The van der Waals surface area contributed by atoms with Crippen molar-refractivity contribution in [2.75, 3.05) is 31.6 Å². The molecule has 0 saturated carbocycles. The number of hydrogen-bond donors (Lipinski definition) is 2. The van der Waals surface area contributed by atoms with Gasteiger partial charge >= 0.3 is 0 Å². The van der Waals surface area contributed by atoms with Crippen LogP contribution in [-0.2, 0) is 4.74 Å². The SMILES string of the molecule is Brc1ccc(NCC2CNCCO2)s1. The lowest BCUT2D eigenvalue weighted by Gasteiger charge is -2.23. The summed E-state index contributed by atoms with van der Waals surface area (Å²) in [6.07, 6.45) is 0.296. The third kappa shape index (κ3) is 2.95. The molecule has 1 unspecified atom stereocenters. The van der Waals surface area contributed by atoms with E-state index in [4.69, 9.17) is 4.74 Å². The number of thiophene rings is 1. The summed E-state index contributed by atoms with van der Waals surface area (Å²) in [7, 11) is 0. The summed E-state index contributed by atoms with van der Waals surface area (Å²) >= 11 is 5.14. The molecule has 1 aliphatic heterocycles. The Hall–Kier alpha value is -0.100. The van der Waals surface area contributed by atoms with Gasteiger partial charge in [-0.25, -0.2) is 0 Å². The van der Waals surface area contributed by atoms with Crippen LogP contribution in [0.1, 0.15) is 0 Å². The molecule has 14 heavy (non-hydrogen) atoms. The van der Waals surface area contributed by atoms with Crippen molar-refractivity contribution >= 4 is 32.3 Å². The molecule has 1 aromatic heterocycles. The van der Waals surface area contributed by atoms with E-state index in [-0.39, 0.29) is 0 Å². The highest BCUT2D eigenvalue weighted by Gasteiger charge is 2.12. The maximum absolute atomic E-state index is 5.57. The fourth-order valence-electron chi connectivity index (χ4n) is 1.37. The highest BCUT2D eigenvalue weighted by atomic mass is 79.9. The highest BCUT2D eigenvalue weighted by Crippen LogP contribution is 2.26. The largest absolute Gasteiger partial charge is 0.374 e. The van der Waals surface area contributed by atoms with Crippen molar-refractivity contribution in [1.29, 1.82) is 0 Å². The number of nitrogens with one attached hydrogen (secondary N) is 2. The molecule has 3 nitrogen and oxygen atoms in total. The molecule has 1 aromatic rings. The van der Waals surface area contributed by atoms with Gasteiger partial charge < -0.3 is 15.4 Å². The third-order valence-corrected chi connectivity index (χ3v) is 3.66. The van der Waals surface area contributed by atoms with Crippen LogP contribution in [0.25, 0.3) is 0 Å². The molecule has 2 heterocycles. The fourth-order valence-corrected chi connectivity index (χ4v) is 2.67. The van der Waals surface area contributed by atoms with Crippen molar-refractivity contribution in [3.63, 3.8) is 0 Å². The van der Waals surface area contributed by atoms with Crippen LogP contribution >= 0.6 is 27.3 Å². The van der Waals surface area contributed by atoms with Crippen molar-refractivity contribution in [3.8, 4) is 0 Å². The first-order chi connectivity index (χ1) is 6.84. The van der Waals surface area contributed by atoms with Crippen molar-refractivity contribution in [1.82, 2.24) is 5.32 Å².